The number of aliphatic hydroxyl groups is 1. The molecule has 0 aromatic rings. The van der Waals surface area contributed by atoms with E-state index in [0.29, 0.717) is 6.42 Å². The van der Waals surface area contributed by atoms with Crippen molar-refractivity contribution in [1.82, 2.24) is 0 Å². The summed E-state index contributed by atoms with van der Waals surface area (Å²) >= 11 is 0. The van der Waals surface area contributed by atoms with Gasteiger partial charge in [-0.05, 0) is 6.42 Å². The molecule has 0 aliphatic rings. The van der Waals surface area contributed by atoms with Gasteiger partial charge in [0.15, 0.2) is 6.29 Å². The van der Waals surface area contributed by atoms with Crippen molar-refractivity contribution >= 4 is 0 Å². The summed E-state index contributed by atoms with van der Waals surface area (Å²) in [5.41, 5.74) is 0. The van der Waals surface area contributed by atoms with Crippen LogP contribution in [-0.2, 0) is 4.74 Å². The standard InChI is InChI=1S/C7H14O2/c1-3-5-6-7(8)9-4-2/h4,7-8H,2-3,5-6H2,1H3. The molecule has 0 radical (unpaired) electrons. The summed E-state index contributed by atoms with van der Waals surface area (Å²) in [5, 5.41) is 8.89. The molecule has 1 N–H and O–H groups in total. The van der Waals surface area contributed by atoms with Crippen LogP contribution in [-0.4, -0.2) is 11.4 Å². The van der Waals surface area contributed by atoms with Crippen LogP contribution in [0.25, 0.3) is 0 Å². The SMILES string of the molecule is C=COC(O)CCCC. The van der Waals surface area contributed by atoms with Crippen molar-refractivity contribution in [2.45, 2.75) is 32.5 Å². The molecule has 0 saturated heterocycles. The van der Waals surface area contributed by atoms with Crippen LogP contribution < -0.4 is 0 Å². The van der Waals surface area contributed by atoms with Gasteiger partial charge in [0.1, 0.15) is 0 Å². The summed E-state index contributed by atoms with van der Waals surface area (Å²) in [6.07, 6.45) is 3.39. The predicted molar refractivity (Wildman–Crippen MR) is 36.8 cm³/mol. The molecule has 1 atom stereocenters. The third kappa shape index (κ3) is 5.37. The Morgan fingerprint density at radius 1 is 1.78 bits per heavy atom. The van der Waals surface area contributed by atoms with E-state index in [1.807, 2.05) is 0 Å². The van der Waals surface area contributed by atoms with Gasteiger partial charge >= 0.3 is 0 Å². The van der Waals surface area contributed by atoms with Gasteiger partial charge in [0, 0.05) is 6.42 Å². The number of unbranched alkanes of at least 4 members (excludes halogenated alkanes) is 1. The van der Waals surface area contributed by atoms with Crippen LogP contribution in [0.15, 0.2) is 12.8 Å². The minimum absolute atomic E-state index is 0.651. The highest BCUT2D eigenvalue weighted by Crippen LogP contribution is 2.00. The zero-order valence-corrected chi connectivity index (χ0v) is 5.84. The van der Waals surface area contributed by atoms with Gasteiger partial charge in [-0.2, -0.15) is 0 Å². The van der Waals surface area contributed by atoms with Gasteiger partial charge in [0.2, 0.25) is 0 Å². The number of hydrogen-bond acceptors (Lipinski definition) is 2. The number of rotatable bonds is 5. The van der Waals surface area contributed by atoms with E-state index < -0.39 is 6.29 Å². The van der Waals surface area contributed by atoms with Crippen LogP contribution in [0.1, 0.15) is 26.2 Å². The third-order valence-electron chi connectivity index (χ3n) is 1.06. The molecule has 0 heterocycles. The highest BCUT2D eigenvalue weighted by atomic mass is 16.6. The third-order valence-corrected chi connectivity index (χ3v) is 1.06. The maximum Gasteiger partial charge on any atom is 0.196 e. The lowest BCUT2D eigenvalue weighted by atomic mass is 10.2. The number of ether oxygens (including phenoxy) is 1. The second kappa shape index (κ2) is 5.63. The minimum Gasteiger partial charge on any atom is -0.473 e. The first-order chi connectivity index (χ1) is 4.31. The van der Waals surface area contributed by atoms with Crippen molar-refractivity contribution < 1.29 is 9.84 Å². The molecule has 2 heteroatoms. The molecule has 0 spiro atoms. The molecule has 0 bridgehead atoms. The summed E-state index contributed by atoms with van der Waals surface area (Å²) < 4.78 is 4.66. The van der Waals surface area contributed by atoms with E-state index in [0.717, 1.165) is 12.8 Å². The largest absolute Gasteiger partial charge is 0.473 e. The van der Waals surface area contributed by atoms with Gasteiger partial charge in [-0.15, -0.1) is 0 Å². The van der Waals surface area contributed by atoms with E-state index in [9.17, 15) is 0 Å². The molecule has 54 valence electrons. The Labute approximate surface area is 56.1 Å². The van der Waals surface area contributed by atoms with E-state index in [2.05, 4.69) is 18.2 Å². The first kappa shape index (κ1) is 8.50. The maximum atomic E-state index is 8.89. The summed E-state index contributed by atoms with van der Waals surface area (Å²) in [5.74, 6) is 0. The van der Waals surface area contributed by atoms with Gasteiger partial charge in [0.25, 0.3) is 0 Å². The summed E-state index contributed by atoms with van der Waals surface area (Å²) in [6, 6.07) is 0. The lowest BCUT2D eigenvalue weighted by Crippen LogP contribution is -2.06. The first-order valence-corrected chi connectivity index (χ1v) is 3.25. The van der Waals surface area contributed by atoms with Gasteiger partial charge < -0.3 is 9.84 Å². The van der Waals surface area contributed by atoms with Crippen molar-refractivity contribution in [3.05, 3.63) is 12.8 Å². The Morgan fingerprint density at radius 3 is 2.89 bits per heavy atom. The lowest BCUT2D eigenvalue weighted by Gasteiger charge is -2.07. The molecule has 0 saturated carbocycles. The average Bonchev–Trinajstić information content (AvgIpc) is 1.85. The predicted octanol–water partition coefficient (Wildman–Crippen LogP) is 1.66. The van der Waals surface area contributed by atoms with Crippen LogP contribution in [0, 0.1) is 0 Å². The zero-order valence-electron chi connectivity index (χ0n) is 5.84. The smallest absolute Gasteiger partial charge is 0.196 e. The average molecular weight is 130 g/mol. The van der Waals surface area contributed by atoms with Crippen molar-refractivity contribution in [1.29, 1.82) is 0 Å². The molecule has 1 unspecified atom stereocenters. The monoisotopic (exact) mass is 130 g/mol. The number of hydrogen-bond donors (Lipinski definition) is 1. The summed E-state index contributed by atoms with van der Waals surface area (Å²) in [6.45, 7) is 5.40. The molecular weight excluding hydrogens is 116 g/mol. The second-order valence-corrected chi connectivity index (χ2v) is 1.90. The van der Waals surface area contributed by atoms with Crippen LogP contribution >= 0.6 is 0 Å². The molecule has 0 aliphatic carbocycles. The van der Waals surface area contributed by atoms with Gasteiger partial charge in [-0.3, -0.25) is 0 Å². The Balaban J connectivity index is 3.04. The van der Waals surface area contributed by atoms with Crippen LogP contribution in [0.3, 0.4) is 0 Å². The Kier molecular flexibility index (Phi) is 5.32. The fourth-order valence-electron chi connectivity index (χ4n) is 0.558. The summed E-state index contributed by atoms with van der Waals surface area (Å²) in [7, 11) is 0. The zero-order chi connectivity index (χ0) is 7.11. The fourth-order valence-corrected chi connectivity index (χ4v) is 0.558. The van der Waals surface area contributed by atoms with Gasteiger partial charge in [-0.25, -0.2) is 0 Å². The maximum absolute atomic E-state index is 8.89. The normalized spacial score (nSPS) is 12.7. The van der Waals surface area contributed by atoms with E-state index in [1.165, 1.54) is 6.26 Å². The molecule has 0 aromatic carbocycles. The van der Waals surface area contributed by atoms with Crippen molar-refractivity contribution in [2.75, 3.05) is 0 Å². The summed E-state index contributed by atoms with van der Waals surface area (Å²) in [4.78, 5) is 0. The van der Waals surface area contributed by atoms with Crippen molar-refractivity contribution in [3.8, 4) is 0 Å². The van der Waals surface area contributed by atoms with E-state index in [4.69, 9.17) is 5.11 Å². The van der Waals surface area contributed by atoms with Crippen LogP contribution in [0.5, 0.6) is 0 Å². The Bertz CT molecular complexity index is 71.3. The Morgan fingerprint density at radius 2 is 2.44 bits per heavy atom. The lowest BCUT2D eigenvalue weighted by molar-refractivity contribution is -0.0567. The highest BCUT2D eigenvalue weighted by molar-refractivity contribution is 4.51. The molecule has 2 nitrogen and oxygen atoms in total. The van der Waals surface area contributed by atoms with Crippen LogP contribution in [0.4, 0.5) is 0 Å². The van der Waals surface area contributed by atoms with Crippen LogP contribution in [0.2, 0.25) is 0 Å². The van der Waals surface area contributed by atoms with E-state index in [-0.39, 0.29) is 0 Å². The van der Waals surface area contributed by atoms with Crippen molar-refractivity contribution in [3.63, 3.8) is 0 Å². The van der Waals surface area contributed by atoms with E-state index >= 15 is 0 Å². The highest BCUT2D eigenvalue weighted by Gasteiger charge is 1.98. The number of aliphatic hydroxyl groups excluding tert-OH is 1. The quantitative estimate of drug-likeness (QED) is 0.453. The molecule has 0 aliphatic heterocycles. The first-order valence-electron chi connectivity index (χ1n) is 3.25. The minimum atomic E-state index is -0.651. The fraction of sp³-hybridized carbons (Fsp3) is 0.714. The van der Waals surface area contributed by atoms with Gasteiger partial charge in [-0.1, -0.05) is 19.9 Å². The molecule has 0 aromatic heterocycles. The molecule has 9 heavy (non-hydrogen) atoms. The molecule has 0 amide bonds. The molecular formula is C7H14O2. The molecule has 0 fully saturated rings. The second-order valence-electron chi connectivity index (χ2n) is 1.90. The molecule has 0 rings (SSSR count). The van der Waals surface area contributed by atoms with E-state index in [1.54, 1.807) is 0 Å². The Hall–Kier alpha value is -0.500. The van der Waals surface area contributed by atoms with Gasteiger partial charge in [0.05, 0.1) is 6.26 Å². The topological polar surface area (TPSA) is 29.5 Å². The van der Waals surface area contributed by atoms with Crippen molar-refractivity contribution in [2.24, 2.45) is 0 Å².